The number of aliphatic hydroxyl groups excluding tert-OH is 1. The number of nitrogens with two attached hydrogens (primary N) is 1. The highest BCUT2D eigenvalue weighted by molar-refractivity contribution is 5.96. The van der Waals surface area contributed by atoms with E-state index in [1.807, 2.05) is 6.92 Å². The van der Waals surface area contributed by atoms with Crippen LogP contribution in [0.2, 0.25) is 0 Å². The van der Waals surface area contributed by atoms with Crippen LogP contribution < -0.4 is 11.1 Å². The number of aliphatic carboxylic acids is 1. The van der Waals surface area contributed by atoms with Crippen molar-refractivity contribution in [2.45, 2.75) is 117 Å². The van der Waals surface area contributed by atoms with Gasteiger partial charge in [0.1, 0.15) is 0 Å². The molecule has 40 heavy (non-hydrogen) atoms. The number of aliphatic hydroxyl groups is 1. The van der Waals surface area contributed by atoms with E-state index in [0.717, 1.165) is 77.5 Å². The SMILES string of the molecule is CC(CCC[C@@H](C)[C@H]1CCC2C3C(CC[C@@]21C)[C@@]1(C)CCC(=NCCCNCCCCN)C=C1C[C@H]3O)C(=O)O. The van der Waals surface area contributed by atoms with Crippen LogP contribution in [0.5, 0.6) is 0 Å². The summed E-state index contributed by atoms with van der Waals surface area (Å²) in [5.41, 5.74) is 8.78. The van der Waals surface area contributed by atoms with Gasteiger partial charge in [-0.3, -0.25) is 9.79 Å². The second-order valence-corrected chi connectivity index (χ2v) is 14.5. The molecule has 4 rings (SSSR count). The quantitative estimate of drug-likeness (QED) is 0.190. The van der Waals surface area contributed by atoms with Gasteiger partial charge in [-0.1, -0.05) is 46.1 Å². The molecule has 9 atom stereocenters. The van der Waals surface area contributed by atoms with E-state index in [2.05, 4.69) is 32.2 Å². The molecule has 0 radical (unpaired) electrons. The zero-order valence-electron chi connectivity index (χ0n) is 26.0. The number of fused-ring (bicyclic) bond motifs is 5. The van der Waals surface area contributed by atoms with Gasteiger partial charge in [-0.2, -0.15) is 0 Å². The topological polar surface area (TPSA) is 108 Å². The van der Waals surface area contributed by atoms with Gasteiger partial charge in [0.2, 0.25) is 0 Å². The molecule has 0 spiro atoms. The number of hydrogen-bond donors (Lipinski definition) is 4. The molecule has 5 N–H and O–H groups in total. The van der Waals surface area contributed by atoms with Crippen molar-refractivity contribution in [3.8, 4) is 0 Å². The van der Waals surface area contributed by atoms with Crippen LogP contribution in [-0.4, -0.2) is 54.2 Å². The van der Waals surface area contributed by atoms with Crippen molar-refractivity contribution < 1.29 is 15.0 Å². The van der Waals surface area contributed by atoms with E-state index in [0.29, 0.717) is 35.0 Å². The molecular weight excluding hydrogens is 498 g/mol. The maximum absolute atomic E-state index is 11.7. The van der Waals surface area contributed by atoms with Crippen LogP contribution in [-0.2, 0) is 4.79 Å². The van der Waals surface area contributed by atoms with Gasteiger partial charge < -0.3 is 21.3 Å². The Kier molecular flexibility index (Phi) is 11.0. The first-order valence-electron chi connectivity index (χ1n) is 16.7. The zero-order valence-corrected chi connectivity index (χ0v) is 26.0. The van der Waals surface area contributed by atoms with E-state index in [1.165, 1.54) is 43.4 Å². The van der Waals surface area contributed by atoms with E-state index in [1.54, 1.807) is 0 Å². The summed E-state index contributed by atoms with van der Waals surface area (Å²) in [7, 11) is 0. The molecule has 3 saturated carbocycles. The first-order valence-corrected chi connectivity index (χ1v) is 16.7. The Hall–Kier alpha value is -1.24. The predicted molar refractivity (Wildman–Crippen MR) is 164 cm³/mol. The smallest absolute Gasteiger partial charge is 0.306 e. The number of carboxylic acids is 1. The summed E-state index contributed by atoms with van der Waals surface area (Å²) >= 11 is 0. The van der Waals surface area contributed by atoms with Crippen molar-refractivity contribution in [1.82, 2.24) is 5.32 Å². The van der Waals surface area contributed by atoms with Crippen molar-refractivity contribution in [3.05, 3.63) is 11.6 Å². The third-order valence-corrected chi connectivity index (χ3v) is 12.1. The summed E-state index contributed by atoms with van der Waals surface area (Å²) in [5, 5.41) is 24.4. The average molecular weight is 558 g/mol. The summed E-state index contributed by atoms with van der Waals surface area (Å²) in [6.45, 7) is 13.0. The minimum Gasteiger partial charge on any atom is -0.481 e. The van der Waals surface area contributed by atoms with Crippen molar-refractivity contribution in [1.29, 1.82) is 0 Å². The number of allylic oxidation sites excluding steroid dienone is 1. The lowest BCUT2D eigenvalue weighted by atomic mass is 9.45. The molecule has 4 aliphatic rings. The van der Waals surface area contributed by atoms with Gasteiger partial charge in [-0.25, -0.2) is 0 Å². The molecule has 228 valence electrons. The number of nitrogens with one attached hydrogen (secondary N) is 1. The normalized spacial score (nSPS) is 37.8. The van der Waals surface area contributed by atoms with E-state index in [4.69, 9.17) is 10.7 Å². The third-order valence-electron chi connectivity index (χ3n) is 12.1. The number of nitrogens with zero attached hydrogens (tertiary/aromatic N) is 1. The van der Waals surface area contributed by atoms with Gasteiger partial charge in [0, 0.05) is 12.3 Å². The number of carbonyl (C=O) groups is 1. The largest absolute Gasteiger partial charge is 0.481 e. The number of carboxylic acid groups (broad SMARTS) is 1. The molecule has 0 aromatic heterocycles. The molecule has 4 unspecified atom stereocenters. The lowest BCUT2D eigenvalue weighted by Crippen LogP contribution is -2.55. The Morgan fingerprint density at radius 2 is 1.85 bits per heavy atom. The van der Waals surface area contributed by atoms with Gasteiger partial charge in [0.15, 0.2) is 0 Å². The Morgan fingerprint density at radius 1 is 1.07 bits per heavy atom. The van der Waals surface area contributed by atoms with Gasteiger partial charge in [0.25, 0.3) is 0 Å². The number of rotatable bonds is 14. The Balaban J connectivity index is 1.36. The predicted octanol–water partition coefficient (Wildman–Crippen LogP) is 6.22. The minimum atomic E-state index is -0.671. The fourth-order valence-corrected chi connectivity index (χ4v) is 9.65. The lowest BCUT2D eigenvalue weighted by Gasteiger charge is -2.60. The molecule has 0 amide bonds. The van der Waals surface area contributed by atoms with Crippen molar-refractivity contribution in [2.24, 2.45) is 57.1 Å². The molecule has 0 heterocycles. The van der Waals surface area contributed by atoms with Crippen LogP contribution >= 0.6 is 0 Å². The molecule has 4 aliphatic carbocycles. The highest BCUT2D eigenvalue weighted by Gasteiger charge is 2.61. The van der Waals surface area contributed by atoms with Gasteiger partial charge in [-0.15, -0.1) is 0 Å². The van der Waals surface area contributed by atoms with Crippen LogP contribution in [0.25, 0.3) is 0 Å². The number of aliphatic imine (C=N–C) groups is 1. The summed E-state index contributed by atoms with van der Waals surface area (Å²) < 4.78 is 0. The summed E-state index contributed by atoms with van der Waals surface area (Å²) in [4.78, 5) is 16.2. The Bertz CT molecular complexity index is 918. The van der Waals surface area contributed by atoms with Crippen molar-refractivity contribution in [3.63, 3.8) is 0 Å². The van der Waals surface area contributed by atoms with Crippen LogP contribution in [0.4, 0.5) is 0 Å². The van der Waals surface area contributed by atoms with E-state index in [-0.39, 0.29) is 17.4 Å². The highest BCUT2D eigenvalue weighted by atomic mass is 16.4. The second kappa shape index (κ2) is 13.8. The molecule has 6 heteroatoms. The van der Waals surface area contributed by atoms with Crippen LogP contribution in [0.15, 0.2) is 16.6 Å². The van der Waals surface area contributed by atoms with E-state index in [9.17, 15) is 15.0 Å². The summed E-state index contributed by atoms with van der Waals surface area (Å²) in [6, 6.07) is 0. The van der Waals surface area contributed by atoms with E-state index >= 15 is 0 Å². The fourth-order valence-electron chi connectivity index (χ4n) is 9.65. The number of hydrogen-bond acceptors (Lipinski definition) is 5. The van der Waals surface area contributed by atoms with Crippen molar-refractivity contribution >= 4 is 11.7 Å². The fraction of sp³-hybridized carbons (Fsp3) is 0.882. The lowest BCUT2D eigenvalue weighted by molar-refractivity contribution is -0.141. The Labute approximate surface area is 244 Å². The molecule has 0 aliphatic heterocycles. The molecule has 6 nitrogen and oxygen atoms in total. The molecule has 3 fully saturated rings. The third kappa shape index (κ3) is 6.70. The molecular formula is C34H59N3O3. The van der Waals surface area contributed by atoms with Gasteiger partial charge in [-0.05, 0) is 137 Å². The van der Waals surface area contributed by atoms with E-state index < -0.39 is 5.97 Å². The number of unbranched alkanes of at least 4 members (excludes halogenated alkanes) is 1. The first-order chi connectivity index (χ1) is 19.1. The van der Waals surface area contributed by atoms with Crippen LogP contribution in [0.3, 0.4) is 0 Å². The standard InChI is InChI=1S/C34H59N3O3/c1-23(9-7-10-24(2)32(39)40)27-11-12-28-31-29(14-16-34(27,28)4)33(3)15-13-26(21-25(33)22-30(31)38)37-20-8-19-36-18-6-5-17-35/h21,23-24,27-31,36,38H,5-20,22,35H2,1-4H3,(H,39,40)/t23-,24?,27-,28?,29?,30-,31?,33+,34-/m1/s1. The summed E-state index contributed by atoms with van der Waals surface area (Å²) in [5.74, 6) is 1.99. The molecule has 0 aromatic carbocycles. The van der Waals surface area contributed by atoms with Gasteiger partial charge >= 0.3 is 5.97 Å². The Morgan fingerprint density at radius 3 is 2.60 bits per heavy atom. The van der Waals surface area contributed by atoms with Crippen molar-refractivity contribution in [2.75, 3.05) is 26.2 Å². The second-order valence-electron chi connectivity index (χ2n) is 14.5. The molecule has 0 bridgehead atoms. The first kappa shape index (κ1) is 31.7. The molecule has 0 aromatic rings. The zero-order chi connectivity index (χ0) is 28.9. The maximum Gasteiger partial charge on any atom is 0.306 e. The van der Waals surface area contributed by atoms with Crippen LogP contribution in [0, 0.1) is 46.3 Å². The monoisotopic (exact) mass is 557 g/mol. The molecule has 0 saturated heterocycles. The van der Waals surface area contributed by atoms with Crippen LogP contribution in [0.1, 0.15) is 111 Å². The van der Waals surface area contributed by atoms with Gasteiger partial charge in [0.05, 0.1) is 12.0 Å². The maximum atomic E-state index is 11.7. The summed E-state index contributed by atoms with van der Waals surface area (Å²) in [6.07, 6.45) is 16.4. The average Bonchev–Trinajstić information content (AvgIpc) is 3.27. The highest BCUT2D eigenvalue weighted by Crippen LogP contribution is 2.67. The minimum absolute atomic E-state index is 0.200.